The Labute approximate surface area is 147 Å². The van der Waals surface area contributed by atoms with Crippen molar-refractivity contribution in [2.24, 2.45) is 5.73 Å². The maximum Gasteiger partial charge on any atom is 0.337 e. The largest absolute Gasteiger partial charge is 0.466 e. The fraction of sp³-hybridized carbons (Fsp3) is 0.267. The fourth-order valence-corrected chi connectivity index (χ4v) is 2.43. The zero-order valence-electron chi connectivity index (χ0n) is 13.7. The van der Waals surface area contributed by atoms with Crippen molar-refractivity contribution in [1.29, 1.82) is 0 Å². The maximum absolute atomic E-state index is 12.5. The molecule has 1 aromatic carbocycles. The number of nitro benzene ring substituents is 1. The summed E-state index contributed by atoms with van der Waals surface area (Å²) >= 11 is 0. The monoisotopic (exact) mass is 364 g/mol. The number of nitrogens with two attached hydrogens (primary N) is 1. The molecule has 0 unspecified atom stereocenters. The highest BCUT2D eigenvalue weighted by Gasteiger charge is 2.35. The van der Waals surface area contributed by atoms with Crippen molar-refractivity contribution in [1.82, 2.24) is 4.90 Å². The molecule has 138 valence electrons. The van der Waals surface area contributed by atoms with Crippen molar-refractivity contribution in [3.8, 4) is 0 Å². The van der Waals surface area contributed by atoms with Gasteiger partial charge in [0.15, 0.2) is 0 Å². The zero-order chi connectivity index (χ0) is 19.4. The van der Waals surface area contributed by atoms with E-state index in [0.29, 0.717) is 0 Å². The second kappa shape index (κ2) is 7.61. The van der Waals surface area contributed by atoms with Crippen molar-refractivity contribution in [3.63, 3.8) is 0 Å². The first-order valence-corrected chi connectivity index (χ1v) is 7.37. The highest BCUT2D eigenvalue weighted by molar-refractivity contribution is 6.09. The summed E-state index contributed by atoms with van der Waals surface area (Å²) in [6, 6.07) is 3.35. The van der Waals surface area contributed by atoms with Crippen LogP contribution in [0.15, 0.2) is 29.5 Å². The van der Waals surface area contributed by atoms with Gasteiger partial charge >= 0.3 is 5.97 Å². The van der Waals surface area contributed by atoms with Crippen molar-refractivity contribution in [2.45, 2.75) is 0 Å². The Morgan fingerprint density at radius 2 is 2.15 bits per heavy atom. The lowest BCUT2D eigenvalue weighted by atomic mass is 10.1. The molecule has 1 heterocycles. The maximum atomic E-state index is 12.5. The molecule has 0 saturated heterocycles. The summed E-state index contributed by atoms with van der Waals surface area (Å²) in [5.41, 5.74) is 4.29. The minimum Gasteiger partial charge on any atom is -0.466 e. The number of carbonyl (C=O) groups excluding carboxylic acids is 3. The van der Waals surface area contributed by atoms with Crippen LogP contribution in [0.1, 0.15) is 10.4 Å². The van der Waals surface area contributed by atoms with Crippen LogP contribution in [0.25, 0.3) is 0 Å². The minimum absolute atomic E-state index is 0.0176. The fourth-order valence-electron chi connectivity index (χ4n) is 2.43. The van der Waals surface area contributed by atoms with Gasteiger partial charge in [0.1, 0.15) is 11.4 Å². The summed E-state index contributed by atoms with van der Waals surface area (Å²) < 4.78 is 4.63. The van der Waals surface area contributed by atoms with E-state index in [1.54, 1.807) is 0 Å². The minimum atomic E-state index is -0.815. The molecule has 0 bridgehead atoms. The molecule has 26 heavy (non-hydrogen) atoms. The number of methoxy groups -OCH3 is 1. The van der Waals surface area contributed by atoms with Gasteiger partial charge in [-0.05, 0) is 12.1 Å². The van der Waals surface area contributed by atoms with Gasteiger partial charge in [0.05, 0.1) is 30.8 Å². The van der Waals surface area contributed by atoms with Crippen molar-refractivity contribution >= 4 is 29.2 Å². The van der Waals surface area contributed by atoms with E-state index in [4.69, 9.17) is 10.8 Å². The number of amides is 2. The van der Waals surface area contributed by atoms with Gasteiger partial charge in [-0.15, -0.1) is 0 Å². The van der Waals surface area contributed by atoms with Crippen LogP contribution in [0, 0.1) is 10.1 Å². The van der Waals surface area contributed by atoms with Gasteiger partial charge in [-0.25, -0.2) is 4.79 Å². The summed E-state index contributed by atoms with van der Waals surface area (Å²) in [4.78, 5) is 47.4. The first-order chi connectivity index (χ1) is 12.3. The predicted molar refractivity (Wildman–Crippen MR) is 87.9 cm³/mol. The van der Waals surface area contributed by atoms with Gasteiger partial charge in [-0.3, -0.25) is 19.7 Å². The van der Waals surface area contributed by atoms with E-state index in [2.05, 4.69) is 10.1 Å². The molecule has 4 N–H and O–H groups in total. The Morgan fingerprint density at radius 3 is 2.69 bits per heavy atom. The van der Waals surface area contributed by atoms with Crippen LogP contribution in [0.4, 0.5) is 11.4 Å². The smallest absolute Gasteiger partial charge is 0.337 e. The van der Waals surface area contributed by atoms with Gasteiger partial charge in [0.25, 0.3) is 11.6 Å². The number of nitro groups is 1. The molecule has 0 spiro atoms. The Balaban J connectivity index is 2.50. The first-order valence-electron chi connectivity index (χ1n) is 7.37. The van der Waals surface area contributed by atoms with E-state index in [1.165, 1.54) is 11.0 Å². The summed E-state index contributed by atoms with van der Waals surface area (Å²) in [7, 11) is 1.13. The zero-order valence-corrected chi connectivity index (χ0v) is 13.7. The average Bonchev–Trinajstić information content (AvgIpc) is 2.90. The Kier molecular flexibility index (Phi) is 5.52. The number of anilines is 1. The third-order valence-corrected chi connectivity index (χ3v) is 3.69. The number of esters is 1. The number of carbonyl (C=O) groups is 3. The highest BCUT2D eigenvalue weighted by Crippen LogP contribution is 2.30. The molecule has 0 atom stereocenters. The van der Waals surface area contributed by atoms with Gasteiger partial charge in [0, 0.05) is 18.2 Å². The number of hydrogen-bond acceptors (Lipinski definition) is 8. The van der Waals surface area contributed by atoms with E-state index >= 15 is 0 Å². The first kappa shape index (κ1) is 18.9. The molecule has 0 radical (unpaired) electrons. The third kappa shape index (κ3) is 3.62. The van der Waals surface area contributed by atoms with Crippen LogP contribution in [-0.4, -0.2) is 59.5 Å². The SMILES string of the molecule is COC(=O)C1=C(Nc2cc(C(N)=O)ccc2[N+](=O)[O-])C(=O)N(CCO)C1. The normalized spacial score (nSPS) is 13.8. The van der Waals surface area contributed by atoms with E-state index in [9.17, 15) is 24.5 Å². The number of hydrogen-bond donors (Lipinski definition) is 3. The number of benzene rings is 1. The van der Waals surface area contributed by atoms with Gasteiger partial charge in [-0.1, -0.05) is 0 Å². The van der Waals surface area contributed by atoms with Crippen LogP contribution in [0.3, 0.4) is 0 Å². The van der Waals surface area contributed by atoms with Crippen molar-refractivity contribution in [3.05, 3.63) is 45.1 Å². The number of nitrogens with one attached hydrogen (secondary N) is 1. The highest BCUT2D eigenvalue weighted by atomic mass is 16.6. The topological polar surface area (TPSA) is 165 Å². The summed E-state index contributed by atoms with van der Waals surface area (Å²) in [6.07, 6.45) is 0. The number of primary amides is 1. The van der Waals surface area contributed by atoms with Crippen LogP contribution < -0.4 is 11.1 Å². The molecule has 1 aliphatic heterocycles. The molecule has 1 aromatic rings. The molecule has 2 amide bonds. The molecule has 1 aliphatic rings. The third-order valence-electron chi connectivity index (χ3n) is 3.69. The van der Waals surface area contributed by atoms with Crippen LogP contribution in [-0.2, 0) is 14.3 Å². The molecule has 11 nitrogen and oxygen atoms in total. The van der Waals surface area contributed by atoms with E-state index in [-0.39, 0.29) is 42.2 Å². The Morgan fingerprint density at radius 1 is 1.46 bits per heavy atom. The summed E-state index contributed by atoms with van der Waals surface area (Å²) in [5, 5.41) is 22.8. The number of aliphatic hydroxyl groups excluding tert-OH is 1. The lowest BCUT2D eigenvalue weighted by Gasteiger charge is -2.15. The summed E-state index contributed by atoms with van der Waals surface area (Å²) in [5.74, 6) is -2.25. The van der Waals surface area contributed by atoms with E-state index < -0.39 is 28.4 Å². The number of β-amino-alcohol motifs (C(OH)–C–C–N with tert-alkyl or cyclic N) is 1. The van der Waals surface area contributed by atoms with Crippen LogP contribution >= 0.6 is 0 Å². The van der Waals surface area contributed by atoms with Gasteiger partial charge < -0.3 is 25.8 Å². The molecule has 2 rings (SSSR count). The van der Waals surface area contributed by atoms with E-state index in [0.717, 1.165) is 19.2 Å². The molecule has 0 saturated carbocycles. The van der Waals surface area contributed by atoms with Gasteiger partial charge in [-0.2, -0.15) is 0 Å². The summed E-state index contributed by atoms with van der Waals surface area (Å²) in [6.45, 7) is -0.490. The molecule has 0 fully saturated rings. The van der Waals surface area contributed by atoms with Crippen LogP contribution in [0.2, 0.25) is 0 Å². The van der Waals surface area contributed by atoms with Crippen molar-refractivity contribution < 1.29 is 29.2 Å². The van der Waals surface area contributed by atoms with Gasteiger partial charge in [0.2, 0.25) is 5.91 Å². The number of ether oxygens (including phenoxy) is 1. The number of nitrogens with zero attached hydrogens (tertiary/aromatic N) is 2. The lowest BCUT2D eigenvalue weighted by Crippen LogP contribution is -2.31. The van der Waals surface area contributed by atoms with E-state index in [1.807, 2.05) is 0 Å². The Bertz CT molecular complexity index is 818. The number of rotatable bonds is 7. The quantitative estimate of drug-likeness (QED) is 0.327. The molecule has 11 heteroatoms. The molecule has 0 aliphatic carbocycles. The second-order valence-electron chi connectivity index (χ2n) is 5.27. The molecule has 0 aromatic heterocycles. The number of aliphatic hydroxyl groups is 1. The standard InChI is InChI=1S/C15H16N4O7/c1-26-15(23)9-7-18(4-5-20)14(22)12(9)17-10-6-8(13(16)21)2-3-11(10)19(24)25/h2-3,6,17,20H,4-5,7H2,1H3,(H2,16,21). The predicted octanol–water partition coefficient (Wildman–Crippen LogP) is -0.633. The van der Waals surface area contributed by atoms with Crippen LogP contribution in [0.5, 0.6) is 0 Å². The second-order valence-corrected chi connectivity index (χ2v) is 5.27. The molecular weight excluding hydrogens is 348 g/mol. The lowest BCUT2D eigenvalue weighted by molar-refractivity contribution is -0.383. The average molecular weight is 364 g/mol. The Hall–Kier alpha value is -3.47. The van der Waals surface area contributed by atoms with Crippen molar-refractivity contribution in [2.75, 3.05) is 32.1 Å². The molecular formula is C15H16N4O7.